The topological polar surface area (TPSA) is 72.2 Å². The molecule has 0 unspecified atom stereocenters. The molecule has 0 heterocycles. The van der Waals surface area contributed by atoms with Gasteiger partial charge in [0.05, 0.1) is 9.82 Å². The van der Waals surface area contributed by atoms with Crippen molar-refractivity contribution in [2.24, 2.45) is 0 Å². The Bertz CT molecular complexity index is 689. The van der Waals surface area contributed by atoms with Crippen LogP contribution in [0.2, 0.25) is 5.02 Å². The van der Waals surface area contributed by atoms with Gasteiger partial charge in [0.25, 0.3) is 5.69 Å². The van der Waals surface area contributed by atoms with Gasteiger partial charge in [-0.3, -0.25) is 14.9 Å². The Labute approximate surface area is 130 Å². The van der Waals surface area contributed by atoms with Crippen LogP contribution in [0.1, 0.15) is 6.92 Å². The smallest absolute Gasteiger partial charge is 0.283 e. The summed E-state index contributed by atoms with van der Waals surface area (Å²) in [6.07, 6.45) is 0. The minimum Gasteiger partial charge on any atom is -0.326 e. The molecule has 7 heteroatoms. The average molecular weight is 323 g/mol. The third-order valence-corrected chi connectivity index (χ3v) is 3.81. The van der Waals surface area contributed by atoms with Crippen LogP contribution in [0.5, 0.6) is 0 Å². The number of hydrogen-bond donors (Lipinski definition) is 1. The number of halogens is 1. The Balaban J connectivity index is 2.23. The van der Waals surface area contributed by atoms with Gasteiger partial charge in [0.1, 0.15) is 0 Å². The van der Waals surface area contributed by atoms with E-state index < -0.39 is 4.92 Å². The Morgan fingerprint density at radius 2 is 1.90 bits per heavy atom. The number of carbonyl (C=O) groups is 1. The Hall–Kier alpha value is -2.05. The summed E-state index contributed by atoms with van der Waals surface area (Å²) in [5, 5.41) is 14.1. The normalized spacial score (nSPS) is 10.2. The number of carbonyl (C=O) groups excluding carboxylic acids is 1. The number of anilines is 1. The molecule has 0 bridgehead atoms. The fourth-order valence-corrected chi connectivity index (χ4v) is 2.85. The summed E-state index contributed by atoms with van der Waals surface area (Å²) in [6, 6.07) is 11.5. The number of nitro benzene ring substituents is 1. The molecule has 0 spiro atoms. The zero-order chi connectivity index (χ0) is 15.4. The quantitative estimate of drug-likeness (QED) is 0.670. The Kier molecular flexibility index (Phi) is 4.82. The molecule has 0 atom stereocenters. The number of hydrogen-bond acceptors (Lipinski definition) is 4. The molecular formula is C14H11ClN2O3S. The summed E-state index contributed by atoms with van der Waals surface area (Å²) < 4.78 is 0. The van der Waals surface area contributed by atoms with Crippen LogP contribution in [0.15, 0.2) is 52.3 Å². The summed E-state index contributed by atoms with van der Waals surface area (Å²) in [5.74, 6) is -0.152. The molecule has 0 saturated heterocycles. The number of nitro groups is 1. The van der Waals surface area contributed by atoms with Gasteiger partial charge < -0.3 is 5.32 Å². The number of benzene rings is 2. The van der Waals surface area contributed by atoms with Crippen molar-refractivity contribution in [2.45, 2.75) is 16.7 Å². The fraction of sp³-hybridized carbons (Fsp3) is 0.0714. The predicted octanol–water partition coefficient (Wildman–Crippen LogP) is 4.36. The lowest BCUT2D eigenvalue weighted by atomic mass is 10.3. The first kappa shape index (κ1) is 15.3. The number of nitrogens with one attached hydrogen (secondary N) is 1. The van der Waals surface area contributed by atoms with E-state index in [4.69, 9.17) is 11.6 Å². The fourth-order valence-electron chi connectivity index (χ4n) is 1.66. The Morgan fingerprint density at radius 1 is 1.24 bits per heavy atom. The highest BCUT2D eigenvalue weighted by Gasteiger charge is 2.15. The molecule has 108 valence electrons. The first-order valence-corrected chi connectivity index (χ1v) is 7.14. The SMILES string of the molecule is CC(=O)Nc1ccc(Sc2cc(Cl)ccc2[N+](=O)[O-])cc1. The van der Waals surface area contributed by atoms with Crippen molar-refractivity contribution in [3.05, 3.63) is 57.6 Å². The molecule has 0 radical (unpaired) electrons. The second-order valence-corrected chi connectivity index (χ2v) is 5.73. The Morgan fingerprint density at radius 3 is 2.48 bits per heavy atom. The molecule has 2 aromatic carbocycles. The minimum atomic E-state index is -0.440. The summed E-state index contributed by atoms with van der Waals surface area (Å²) in [4.78, 5) is 22.8. The molecule has 0 saturated carbocycles. The van der Waals surface area contributed by atoms with Gasteiger partial charge in [-0.05, 0) is 36.4 Å². The molecule has 5 nitrogen and oxygen atoms in total. The van der Waals surface area contributed by atoms with Crippen LogP contribution < -0.4 is 5.32 Å². The number of rotatable bonds is 4. The lowest BCUT2D eigenvalue weighted by Crippen LogP contribution is -2.05. The minimum absolute atomic E-state index is 0.00957. The van der Waals surface area contributed by atoms with Gasteiger partial charge in [0.15, 0.2) is 0 Å². The van der Waals surface area contributed by atoms with Crippen LogP contribution in [0, 0.1) is 10.1 Å². The zero-order valence-corrected chi connectivity index (χ0v) is 12.6. The highest BCUT2D eigenvalue weighted by atomic mass is 35.5. The van der Waals surface area contributed by atoms with Crippen LogP contribution in [0.4, 0.5) is 11.4 Å². The highest BCUT2D eigenvalue weighted by molar-refractivity contribution is 7.99. The molecule has 0 aliphatic carbocycles. The van der Waals surface area contributed by atoms with Crippen molar-refractivity contribution in [3.63, 3.8) is 0 Å². The van der Waals surface area contributed by atoms with E-state index in [2.05, 4.69) is 5.32 Å². The van der Waals surface area contributed by atoms with Crippen LogP contribution in [-0.4, -0.2) is 10.8 Å². The van der Waals surface area contributed by atoms with E-state index in [1.807, 2.05) is 0 Å². The number of amides is 1. The van der Waals surface area contributed by atoms with Gasteiger partial charge in [-0.1, -0.05) is 23.4 Å². The van der Waals surface area contributed by atoms with Gasteiger partial charge in [0, 0.05) is 28.6 Å². The molecular weight excluding hydrogens is 312 g/mol. The van der Waals surface area contributed by atoms with E-state index in [9.17, 15) is 14.9 Å². The van der Waals surface area contributed by atoms with Crippen molar-refractivity contribution in [3.8, 4) is 0 Å². The van der Waals surface area contributed by atoms with Crippen molar-refractivity contribution >= 4 is 40.6 Å². The largest absolute Gasteiger partial charge is 0.326 e. The van der Waals surface area contributed by atoms with E-state index in [1.54, 1.807) is 30.3 Å². The zero-order valence-electron chi connectivity index (χ0n) is 11.0. The lowest BCUT2D eigenvalue weighted by Gasteiger charge is -2.05. The van der Waals surface area contributed by atoms with Gasteiger partial charge in [-0.15, -0.1) is 0 Å². The first-order chi connectivity index (χ1) is 9.95. The van der Waals surface area contributed by atoms with Crippen molar-refractivity contribution in [1.82, 2.24) is 0 Å². The molecule has 1 N–H and O–H groups in total. The molecule has 21 heavy (non-hydrogen) atoms. The lowest BCUT2D eigenvalue weighted by molar-refractivity contribution is -0.387. The van der Waals surface area contributed by atoms with Crippen molar-refractivity contribution < 1.29 is 9.72 Å². The van der Waals surface area contributed by atoms with Crippen molar-refractivity contribution in [1.29, 1.82) is 0 Å². The van der Waals surface area contributed by atoms with Crippen LogP contribution in [0.25, 0.3) is 0 Å². The highest BCUT2D eigenvalue weighted by Crippen LogP contribution is 2.36. The second kappa shape index (κ2) is 6.60. The summed E-state index contributed by atoms with van der Waals surface area (Å²) in [5.41, 5.74) is 0.683. The maximum absolute atomic E-state index is 11.0. The van der Waals surface area contributed by atoms with E-state index in [-0.39, 0.29) is 11.6 Å². The van der Waals surface area contributed by atoms with Crippen LogP contribution >= 0.6 is 23.4 Å². The maximum Gasteiger partial charge on any atom is 0.283 e. The van der Waals surface area contributed by atoms with Crippen molar-refractivity contribution in [2.75, 3.05) is 5.32 Å². The molecule has 0 aromatic heterocycles. The van der Waals surface area contributed by atoms with E-state index in [1.165, 1.54) is 30.8 Å². The molecule has 2 aromatic rings. The maximum atomic E-state index is 11.0. The van der Waals surface area contributed by atoms with Crippen LogP contribution in [-0.2, 0) is 4.79 Å². The molecule has 0 aliphatic rings. The van der Waals surface area contributed by atoms with Crippen LogP contribution in [0.3, 0.4) is 0 Å². The summed E-state index contributed by atoms with van der Waals surface area (Å²) in [7, 11) is 0. The first-order valence-electron chi connectivity index (χ1n) is 5.95. The van der Waals surface area contributed by atoms with Gasteiger partial charge in [0.2, 0.25) is 5.91 Å². The molecule has 0 aliphatic heterocycles. The van der Waals surface area contributed by atoms with E-state index in [0.717, 1.165) is 4.90 Å². The average Bonchev–Trinajstić information content (AvgIpc) is 2.40. The molecule has 1 amide bonds. The van der Waals surface area contributed by atoms with E-state index >= 15 is 0 Å². The molecule has 2 rings (SSSR count). The third-order valence-electron chi connectivity index (χ3n) is 2.52. The van der Waals surface area contributed by atoms with Gasteiger partial charge in [-0.25, -0.2) is 0 Å². The molecule has 0 fully saturated rings. The van der Waals surface area contributed by atoms with E-state index in [0.29, 0.717) is 15.6 Å². The summed E-state index contributed by atoms with van der Waals surface area (Å²) in [6.45, 7) is 1.43. The predicted molar refractivity (Wildman–Crippen MR) is 83.0 cm³/mol. The monoisotopic (exact) mass is 322 g/mol. The standard InChI is InChI=1S/C14H11ClN2O3S/c1-9(18)16-11-3-5-12(6-4-11)21-14-8-10(15)2-7-13(14)17(19)20/h2-8H,1H3,(H,16,18). The summed E-state index contributed by atoms with van der Waals surface area (Å²) >= 11 is 7.13. The third kappa shape index (κ3) is 4.21. The van der Waals surface area contributed by atoms with Gasteiger partial charge in [-0.2, -0.15) is 0 Å². The van der Waals surface area contributed by atoms with Gasteiger partial charge >= 0.3 is 0 Å². The number of nitrogens with zero attached hydrogens (tertiary/aromatic N) is 1. The second-order valence-electron chi connectivity index (χ2n) is 4.18.